The summed E-state index contributed by atoms with van der Waals surface area (Å²) in [6.07, 6.45) is 0. The molecule has 3 N–H and O–H groups in total. The fraction of sp³-hybridized carbons (Fsp3) is 0.0714. The Balaban J connectivity index is 2.08. The molecular formula is C14H12Cl2N2O2S. The predicted octanol–water partition coefficient (Wildman–Crippen LogP) is 3.32. The molecule has 0 aromatic heterocycles. The Labute approximate surface area is 134 Å². The van der Waals surface area contributed by atoms with E-state index in [9.17, 15) is 9.00 Å². The van der Waals surface area contributed by atoms with Crippen LogP contribution in [0.3, 0.4) is 0 Å². The largest absolute Gasteiger partial charge is 0.399 e. The first-order valence-electron chi connectivity index (χ1n) is 5.95. The molecular weight excluding hydrogens is 331 g/mol. The summed E-state index contributed by atoms with van der Waals surface area (Å²) >= 11 is 11.9. The van der Waals surface area contributed by atoms with Gasteiger partial charge in [-0.3, -0.25) is 9.00 Å². The maximum Gasteiger partial charge on any atom is 0.237 e. The van der Waals surface area contributed by atoms with E-state index in [1.165, 1.54) is 6.07 Å². The monoisotopic (exact) mass is 342 g/mol. The number of nitrogens with one attached hydrogen (secondary N) is 1. The Bertz CT molecular complexity index is 707. The smallest absolute Gasteiger partial charge is 0.237 e. The number of rotatable bonds is 4. The Hall–Kier alpha value is -1.56. The number of carbonyl (C=O) groups excluding carboxylic acids is 1. The fourth-order valence-electron chi connectivity index (χ4n) is 1.64. The van der Waals surface area contributed by atoms with Gasteiger partial charge in [-0.15, -0.1) is 0 Å². The van der Waals surface area contributed by atoms with Crippen molar-refractivity contribution >= 4 is 51.3 Å². The second kappa shape index (κ2) is 6.93. The van der Waals surface area contributed by atoms with Crippen molar-refractivity contribution in [2.24, 2.45) is 0 Å². The number of anilines is 2. The number of carbonyl (C=O) groups is 1. The van der Waals surface area contributed by atoms with E-state index >= 15 is 0 Å². The second-order valence-electron chi connectivity index (χ2n) is 4.21. The summed E-state index contributed by atoms with van der Waals surface area (Å²) in [5.41, 5.74) is 6.54. The normalized spacial score (nSPS) is 11.9. The van der Waals surface area contributed by atoms with E-state index in [-0.39, 0.29) is 5.75 Å². The summed E-state index contributed by atoms with van der Waals surface area (Å²) in [5, 5.41) is 3.34. The van der Waals surface area contributed by atoms with Gasteiger partial charge >= 0.3 is 0 Å². The van der Waals surface area contributed by atoms with Gasteiger partial charge < -0.3 is 11.1 Å². The molecule has 2 rings (SSSR count). The lowest BCUT2D eigenvalue weighted by Gasteiger charge is -2.08. The molecule has 21 heavy (non-hydrogen) atoms. The highest BCUT2D eigenvalue weighted by Gasteiger charge is 2.14. The molecule has 0 fully saturated rings. The molecule has 0 saturated carbocycles. The van der Waals surface area contributed by atoms with Gasteiger partial charge in [-0.05, 0) is 30.3 Å². The van der Waals surface area contributed by atoms with Gasteiger partial charge in [-0.2, -0.15) is 0 Å². The minimum absolute atomic E-state index is 0.228. The first-order valence-corrected chi connectivity index (χ1v) is 8.02. The number of hydrogen-bond donors (Lipinski definition) is 2. The van der Waals surface area contributed by atoms with E-state index in [2.05, 4.69) is 5.32 Å². The van der Waals surface area contributed by atoms with Gasteiger partial charge in [0.25, 0.3) is 0 Å². The van der Waals surface area contributed by atoms with Gasteiger partial charge in [-0.1, -0.05) is 35.3 Å². The molecule has 1 unspecified atom stereocenters. The molecule has 2 aromatic carbocycles. The van der Waals surface area contributed by atoms with Gasteiger partial charge in [0.05, 0.1) is 31.4 Å². The highest BCUT2D eigenvalue weighted by atomic mass is 35.5. The average Bonchev–Trinajstić information content (AvgIpc) is 2.44. The summed E-state index contributed by atoms with van der Waals surface area (Å²) in [5.74, 6) is -0.645. The number of nitrogen functional groups attached to an aromatic ring is 1. The maximum absolute atomic E-state index is 12.2. The number of benzene rings is 2. The van der Waals surface area contributed by atoms with Crippen molar-refractivity contribution in [3.05, 3.63) is 52.5 Å². The number of amides is 1. The molecule has 1 atom stereocenters. The van der Waals surface area contributed by atoms with Crippen molar-refractivity contribution in [3.63, 3.8) is 0 Å². The van der Waals surface area contributed by atoms with Crippen LogP contribution >= 0.6 is 23.2 Å². The van der Waals surface area contributed by atoms with Gasteiger partial charge in [0.15, 0.2) is 0 Å². The lowest BCUT2D eigenvalue weighted by molar-refractivity contribution is -0.113. The van der Waals surface area contributed by atoms with Crippen molar-refractivity contribution in [2.75, 3.05) is 16.8 Å². The van der Waals surface area contributed by atoms with Crippen LogP contribution in [0.4, 0.5) is 11.4 Å². The summed E-state index contributed by atoms with van der Waals surface area (Å²) in [4.78, 5) is 12.2. The third-order valence-electron chi connectivity index (χ3n) is 2.61. The van der Waals surface area contributed by atoms with E-state index in [1.54, 1.807) is 36.4 Å². The Morgan fingerprint density at radius 2 is 1.86 bits per heavy atom. The Morgan fingerprint density at radius 1 is 1.14 bits per heavy atom. The molecule has 0 radical (unpaired) electrons. The molecule has 110 valence electrons. The van der Waals surface area contributed by atoms with Crippen molar-refractivity contribution < 1.29 is 9.00 Å². The van der Waals surface area contributed by atoms with Crippen molar-refractivity contribution in [1.82, 2.24) is 0 Å². The average molecular weight is 343 g/mol. The lowest BCUT2D eigenvalue weighted by atomic mass is 10.3. The van der Waals surface area contributed by atoms with Crippen LogP contribution in [0.2, 0.25) is 10.0 Å². The highest BCUT2D eigenvalue weighted by Crippen LogP contribution is 2.23. The zero-order chi connectivity index (χ0) is 15.4. The van der Waals surface area contributed by atoms with Crippen LogP contribution in [0.15, 0.2) is 47.4 Å². The van der Waals surface area contributed by atoms with Crippen LogP contribution in [-0.4, -0.2) is 15.9 Å². The van der Waals surface area contributed by atoms with Crippen molar-refractivity contribution in [2.45, 2.75) is 4.90 Å². The van der Waals surface area contributed by atoms with E-state index in [0.29, 0.717) is 26.3 Å². The molecule has 2 aromatic rings. The van der Waals surface area contributed by atoms with Crippen LogP contribution in [0.5, 0.6) is 0 Å². The molecule has 0 saturated heterocycles. The maximum atomic E-state index is 12.2. The van der Waals surface area contributed by atoms with Crippen LogP contribution in [0.1, 0.15) is 0 Å². The Morgan fingerprint density at radius 3 is 2.57 bits per heavy atom. The number of hydrogen-bond acceptors (Lipinski definition) is 3. The Kier molecular flexibility index (Phi) is 5.22. The standard InChI is InChI=1S/C14H12Cl2N2O2S/c15-10-3-1-2-4-12(10)18-14(19)8-21(20)13-7-9(17)5-6-11(13)16/h1-7H,8,17H2,(H,18,19). The first-order chi connectivity index (χ1) is 9.97. The van der Waals surface area contributed by atoms with Crippen molar-refractivity contribution in [3.8, 4) is 0 Å². The SMILES string of the molecule is Nc1ccc(Cl)c(S(=O)CC(=O)Nc2ccccc2Cl)c1. The number of halogens is 2. The van der Waals surface area contributed by atoms with Gasteiger partial charge in [0.1, 0.15) is 5.75 Å². The summed E-state index contributed by atoms with van der Waals surface area (Å²) < 4.78 is 12.2. The van der Waals surface area contributed by atoms with Crippen LogP contribution in [0, 0.1) is 0 Å². The zero-order valence-electron chi connectivity index (χ0n) is 10.8. The molecule has 0 bridgehead atoms. The number of nitrogens with two attached hydrogens (primary N) is 1. The molecule has 4 nitrogen and oxygen atoms in total. The van der Waals surface area contributed by atoms with E-state index < -0.39 is 16.7 Å². The quantitative estimate of drug-likeness (QED) is 0.837. The van der Waals surface area contributed by atoms with Crippen molar-refractivity contribution in [1.29, 1.82) is 0 Å². The molecule has 0 heterocycles. The van der Waals surface area contributed by atoms with E-state index in [1.807, 2.05) is 0 Å². The van der Waals surface area contributed by atoms with Gasteiger partial charge in [0.2, 0.25) is 5.91 Å². The second-order valence-corrected chi connectivity index (χ2v) is 6.44. The van der Waals surface area contributed by atoms with Gasteiger partial charge in [0, 0.05) is 5.69 Å². The molecule has 0 aliphatic heterocycles. The summed E-state index contributed by atoms with van der Waals surface area (Å²) in [7, 11) is -1.58. The van der Waals surface area contributed by atoms with Crippen LogP contribution < -0.4 is 11.1 Å². The summed E-state index contributed by atoms with van der Waals surface area (Å²) in [6.45, 7) is 0. The predicted molar refractivity (Wildman–Crippen MR) is 87.2 cm³/mol. The molecule has 0 aliphatic carbocycles. The zero-order valence-corrected chi connectivity index (χ0v) is 13.1. The minimum atomic E-state index is -1.58. The molecule has 1 amide bonds. The fourth-order valence-corrected chi connectivity index (χ4v) is 3.22. The molecule has 0 aliphatic rings. The summed E-state index contributed by atoms with van der Waals surface area (Å²) in [6, 6.07) is 11.5. The van der Waals surface area contributed by atoms with E-state index in [4.69, 9.17) is 28.9 Å². The van der Waals surface area contributed by atoms with Gasteiger partial charge in [-0.25, -0.2) is 0 Å². The first kappa shape index (κ1) is 15.8. The topological polar surface area (TPSA) is 72.2 Å². The van der Waals surface area contributed by atoms with E-state index in [0.717, 1.165) is 0 Å². The number of para-hydroxylation sites is 1. The highest BCUT2D eigenvalue weighted by molar-refractivity contribution is 7.86. The molecule has 7 heteroatoms. The van der Waals surface area contributed by atoms with Crippen LogP contribution in [0.25, 0.3) is 0 Å². The molecule has 0 spiro atoms. The third kappa shape index (κ3) is 4.20. The lowest BCUT2D eigenvalue weighted by Crippen LogP contribution is -2.20. The minimum Gasteiger partial charge on any atom is -0.399 e. The van der Waals surface area contributed by atoms with Crippen LogP contribution in [-0.2, 0) is 15.6 Å². The third-order valence-corrected chi connectivity index (χ3v) is 4.73.